The van der Waals surface area contributed by atoms with E-state index in [9.17, 15) is 9.90 Å². The van der Waals surface area contributed by atoms with Crippen LogP contribution >= 0.6 is 0 Å². The molecule has 0 fully saturated rings. The van der Waals surface area contributed by atoms with Crippen molar-refractivity contribution < 1.29 is 9.90 Å². The number of hydrazone groups is 1. The fourth-order valence-corrected chi connectivity index (χ4v) is 3.53. The van der Waals surface area contributed by atoms with Crippen LogP contribution in [0.1, 0.15) is 22.7 Å². The van der Waals surface area contributed by atoms with Gasteiger partial charge in [0.05, 0.1) is 11.8 Å². The van der Waals surface area contributed by atoms with Gasteiger partial charge in [-0.15, -0.1) is 0 Å². The first-order valence-electron chi connectivity index (χ1n) is 9.22. The molecule has 1 aliphatic rings. The van der Waals surface area contributed by atoms with E-state index in [4.69, 9.17) is 0 Å². The van der Waals surface area contributed by atoms with Crippen LogP contribution in [0.15, 0.2) is 90.0 Å². The van der Waals surface area contributed by atoms with Crippen LogP contribution in [0.2, 0.25) is 0 Å². The smallest absolute Gasteiger partial charge is 0.315 e. The maximum absolute atomic E-state index is 12.1. The molecule has 1 heterocycles. The molecule has 0 saturated carbocycles. The Labute approximate surface area is 163 Å². The van der Waals surface area contributed by atoms with Gasteiger partial charge in [0, 0.05) is 17.8 Å². The zero-order valence-corrected chi connectivity index (χ0v) is 15.2. The number of nitrogens with one attached hydrogen (secondary N) is 2. The predicted octanol–water partition coefficient (Wildman–Crippen LogP) is 4.05. The molecule has 0 amide bonds. The average Bonchev–Trinajstić information content (AvgIpc) is 3.19. The van der Waals surface area contributed by atoms with Crippen LogP contribution in [0.4, 0.5) is 5.69 Å². The first-order valence-corrected chi connectivity index (χ1v) is 9.22. The molecule has 0 saturated heterocycles. The lowest BCUT2D eigenvalue weighted by Crippen LogP contribution is -2.30. The van der Waals surface area contributed by atoms with Crippen molar-refractivity contribution in [2.75, 3.05) is 5.32 Å². The highest BCUT2D eigenvalue weighted by Crippen LogP contribution is 2.34. The second-order valence-electron chi connectivity index (χ2n) is 6.71. The normalized spacial score (nSPS) is 18.2. The van der Waals surface area contributed by atoms with Crippen LogP contribution in [-0.4, -0.2) is 16.8 Å². The molecule has 5 heteroatoms. The van der Waals surface area contributed by atoms with Crippen LogP contribution in [0.3, 0.4) is 0 Å². The molecule has 140 valence electrons. The molecule has 2 atom stereocenters. The molecule has 0 radical (unpaired) electrons. The highest BCUT2D eigenvalue weighted by Gasteiger charge is 2.40. The van der Waals surface area contributed by atoms with Crippen LogP contribution in [0, 0.1) is 5.92 Å². The summed E-state index contributed by atoms with van der Waals surface area (Å²) in [5.74, 6) is -1.66. The quantitative estimate of drug-likeness (QED) is 0.611. The zero-order valence-electron chi connectivity index (χ0n) is 15.2. The lowest BCUT2D eigenvalue weighted by molar-refractivity contribution is -0.139. The van der Waals surface area contributed by atoms with Crippen molar-refractivity contribution in [3.63, 3.8) is 0 Å². The minimum absolute atomic E-state index is 0.438. The van der Waals surface area contributed by atoms with Gasteiger partial charge >= 0.3 is 5.97 Å². The number of hydrogen-bond donors (Lipinski definition) is 3. The molecule has 5 nitrogen and oxygen atoms in total. The Hall–Kier alpha value is -3.60. The molecule has 4 rings (SSSR count). The molecule has 3 N–H and O–H groups in total. The van der Waals surface area contributed by atoms with Crippen LogP contribution < -0.4 is 10.7 Å². The molecule has 0 aliphatic carbocycles. The number of hydrogen-bond acceptors (Lipinski definition) is 4. The van der Waals surface area contributed by atoms with Crippen molar-refractivity contribution in [3.05, 3.63) is 102 Å². The molecule has 3 aromatic rings. The van der Waals surface area contributed by atoms with Crippen molar-refractivity contribution in [3.8, 4) is 0 Å². The Morgan fingerprint density at radius 2 is 1.57 bits per heavy atom. The molecule has 2 unspecified atom stereocenters. The number of carboxylic acids is 1. The number of aliphatic carboxylic acids is 1. The van der Waals surface area contributed by atoms with E-state index in [1.807, 2.05) is 72.8 Å². The van der Waals surface area contributed by atoms with E-state index in [0.29, 0.717) is 12.3 Å². The number of carboxylic acid groups (broad SMARTS) is 1. The van der Waals surface area contributed by atoms with Gasteiger partial charge in [0.15, 0.2) is 0 Å². The number of carbonyl (C=O) groups is 1. The summed E-state index contributed by atoms with van der Waals surface area (Å²) in [7, 11) is 0. The van der Waals surface area contributed by atoms with Gasteiger partial charge in [-0.3, -0.25) is 4.79 Å². The van der Waals surface area contributed by atoms with E-state index in [1.54, 1.807) is 0 Å². The third-order valence-corrected chi connectivity index (χ3v) is 4.91. The predicted molar refractivity (Wildman–Crippen MR) is 110 cm³/mol. The van der Waals surface area contributed by atoms with Gasteiger partial charge in [0.1, 0.15) is 5.92 Å². The monoisotopic (exact) mass is 371 g/mol. The lowest BCUT2D eigenvalue weighted by atomic mass is 9.87. The summed E-state index contributed by atoms with van der Waals surface area (Å²) in [6.07, 6.45) is 0. The van der Waals surface area contributed by atoms with E-state index >= 15 is 0 Å². The standard InChI is InChI=1S/C23H21N3O2/c27-23(28)20-21(17-11-5-2-6-12-17)25-26-22(20)18-13-7-8-14-19(18)24-15-16-9-3-1-4-10-16/h1-14,20,22,24,26H,15H2,(H,27,28). The van der Waals surface area contributed by atoms with Crippen LogP contribution in [0.25, 0.3) is 0 Å². The first kappa shape index (κ1) is 17.8. The first-order chi connectivity index (χ1) is 13.7. The summed E-state index contributed by atoms with van der Waals surface area (Å²) in [5.41, 5.74) is 7.38. The molecule has 3 aromatic carbocycles. The van der Waals surface area contributed by atoms with Crippen LogP contribution in [-0.2, 0) is 11.3 Å². The van der Waals surface area contributed by atoms with E-state index < -0.39 is 17.9 Å². The molecular weight excluding hydrogens is 350 g/mol. The SMILES string of the molecule is O=C(O)C1C(c2ccccc2)=NNC1c1ccccc1NCc1ccccc1. The van der Waals surface area contributed by atoms with E-state index in [2.05, 4.69) is 28.0 Å². The van der Waals surface area contributed by atoms with E-state index in [0.717, 1.165) is 22.4 Å². The summed E-state index contributed by atoms with van der Waals surface area (Å²) in [5, 5.41) is 17.8. The highest BCUT2D eigenvalue weighted by atomic mass is 16.4. The Morgan fingerprint density at radius 1 is 0.929 bits per heavy atom. The third-order valence-electron chi connectivity index (χ3n) is 4.91. The molecular formula is C23H21N3O2. The summed E-state index contributed by atoms with van der Waals surface area (Å²) >= 11 is 0. The molecule has 28 heavy (non-hydrogen) atoms. The average molecular weight is 371 g/mol. The number of rotatable bonds is 6. The summed E-state index contributed by atoms with van der Waals surface area (Å²) in [6, 6.07) is 26.9. The van der Waals surface area contributed by atoms with Crippen LogP contribution in [0.5, 0.6) is 0 Å². The number of benzene rings is 3. The Bertz CT molecular complexity index is 987. The Kier molecular flexibility index (Phi) is 5.06. The Morgan fingerprint density at radius 3 is 2.29 bits per heavy atom. The molecule has 0 spiro atoms. The minimum atomic E-state index is -0.893. The van der Waals surface area contributed by atoms with Gasteiger partial charge in [-0.1, -0.05) is 78.9 Å². The highest BCUT2D eigenvalue weighted by molar-refractivity contribution is 6.13. The van der Waals surface area contributed by atoms with E-state index in [-0.39, 0.29) is 0 Å². The fourth-order valence-electron chi connectivity index (χ4n) is 3.53. The molecule has 0 bridgehead atoms. The fraction of sp³-hybridized carbons (Fsp3) is 0.130. The maximum atomic E-state index is 12.1. The second-order valence-corrected chi connectivity index (χ2v) is 6.71. The Balaban J connectivity index is 1.61. The van der Waals surface area contributed by atoms with Crippen molar-refractivity contribution in [1.29, 1.82) is 0 Å². The molecule has 1 aliphatic heterocycles. The maximum Gasteiger partial charge on any atom is 0.315 e. The van der Waals surface area contributed by atoms with E-state index in [1.165, 1.54) is 0 Å². The molecule has 0 aromatic heterocycles. The summed E-state index contributed by atoms with van der Waals surface area (Å²) in [4.78, 5) is 12.1. The van der Waals surface area contributed by atoms with Crippen molar-refractivity contribution >= 4 is 17.4 Å². The van der Waals surface area contributed by atoms with Gasteiger partial charge < -0.3 is 15.8 Å². The lowest BCUT2D eigenvalue weighted by Gasteiger charge is -2.21. The number of nitrogens with zero attached hydrogens (tertiary/aromatic N) is 1. The third kappa shape index (κ3) is 3.60. The summed E-state index contributed by atoms with van der Waals surface area (Å²) in [6.45, 7) is 0.661. The van der Waals surface area contributed by atoms with Crippen molar-refractivity contribution in [2.45, 2.75) is 12.6 Å². The topological polar surface area (TPSA) is 73.7 Å². The zero-order chi connectivity index (χ0) is 19.3. The van der Waals surface area contributed by atoms with Gasteiger partial charge in [0.2, 0.25) is 0 Å². The largest absolute Gasteiger partial charge is 0.481 e. The van der Waals surface area contributed by atoms with Gasteiger partial charge in [-0.2, -0.15) is 5.10 Å². The van der Waals surface area contributed by atoms with Crippen molar-refractivity contribution in [1.82, 2.24) is 5.43 Å². The second kappa shape index (κ2) is 7.96. The van der Waals surface area contributed by atoms with Gasteiger partial charge in [0.25, 0.3) is 0 Å². The number of para-hydroxylation sites is 1. The minimum Gasteiger partial charge on any atom is -0.481 e. The van der Waals surface area contributed by atoms with Gasteiger partial charge in [-0.25, -0.2) is 0 Å². The van der Waals surface area contributed by atoms with Gasteiger partial charge in [-0.05, 0) is 17.2 Å². The van der Waals surface area contributed by atoms with Crippen molar-refractivity contribution in [2.24, 2.45) is 11.0 Å². The number of anilines is 1. The summed E-state index contributed by atoms with van der Waals surface area (Å²) < 4.78 is 0.